The quantitative estimate of drug-likeness (QED) is 0.828. The van der Waals surface area contributed by atoms with Crippen LogP contribution in [0.4, 0.5) is 4.39 Å². The molecule has 0 heterocycles. The van der Waals surface area contributed by atoms with Gasteiger partial charge < -0.3 is 5.32 Å². The number of carbonyl (C=O) groups excluding carboxylic acids is 1. The standard InChI is InChI=1S/C13H18FNO/c1-9-4-5-12(14)6-11(9)7-13(16)10(2)8-15-3/h4-6,10,15H,7-8H2,1-3H3. The molecule has 3 heteroatoms. The maximum Gasteiger partial charge on any atom is 0.141 e. The lowest BCUT2D eigenvalue weighted by Crippen LogP contribution is -2.25. The molecule has 1 aromatic carbocycles. The van der Waals surface area contributed by atoms with Crippen molar-refractivity contribution in [3.05, 3.63) is 35.1 Å². The van der Waals surface area contributed by atoms with Gasteiger partial charge in [0, 0.05) is 18.9 Å². The Morgan fingerprint density at radius 3 is 2.81 bits per heavy atom. The number of halogens is 1. The van der Waals surface area contributed by atoms with Crippen LogP contribution in [0, 0.1) is 18.7 Å². The molecule has 0 saturated carbocycles. The van der Waals surface area contributed by atoms with Crippen molar-refractivity contribution < 1.29 is 9.18 Å². The molecule has 0 aliphatic carbocycles. The van der Waals surface area contributed by atoms with Crippen LogP contribution >= 0.6 is 0 Å². The maximum atomic E-state index is 13.0. The molecule has 1 unspecified atom stereocenters. The summed E-state index contributed by atoms with van der Waals surface area (Å²) in [4.78, 5) is 11.8. The summed E-state index contributed by atoms with van der Waals surface area (Å²) in [5, 5.41) is 2.97. The van der Waals surface area contributed by atoms with Gasteiger partial charge in [-0.2, -0.15) is 0 Å². The third kappa shape index (κ3) is 3.42. The molecule has 16 heavy (non-hydrogen) atoms. The fourth-order valence-electron chi connectivity index (χ4n) is 1.61. The summed E-state index contributed by atoms with van der Waals surface area (Å²) >= 11 is 0. The van der Waals surface area contributed by atoms with Crippen molar-refractivity contribution in [2.45, 2.75) is 20.3 Å². The van der Waals surface area contributed by atoms with Gasteiger partial charge in [-0.25, -0.2) is 4.39 Å². The zero-order chi connectivity index (χ0) is 12.1. The summed E-state index contributed by atoms with van der Waals surface area (Å²) in [6.45, 7) is 4.44. The fourth-order valence-corrected chi connectivity index (χ4v) is 1.61. The van der Waals surface area contributed by atoms with Crippen molar-refractivity contribution in [3.63, 3.8) is 0 Å². The minimum Gasteiger partial charge on any atom is -0.319 e. The SMILES string of the molecule is CNCC(C)C(=O)Cc1cc(F)ccc1C. The van der Waals surface area contributed by atoms with E-state index in [9.17, 15) is 9.18 Å². The summed E-state index contributed by atoms with van der Waals surface area (Å²) in [7, 11) is 1.82. The first-order valence-electron chi connectivity index (χ1n) is 5.47. The second-order valence-corrected chi connectivity index (χ2v) is 4.17. The van der Waals surface area contributed by atoms with E-state index in [1.807, 2.05) is 20.9 Å². The van der Waals surface area contributed by atoms with Crippen LogP contribution < -0.4 is 5.32 Å². The number of benzene rings is 1. The zero-order valence-electron chi connectivity index (χ0n) is 10.0. The van der Waals surface area contributed by atoms with Crippen LogP contribution in [0.3, 0.4) is 0 Å². The van der Waals surface area contributed by atoms with E-state index < -0.39 is 0 Å². The van der Waals surface area contributed by atoms with Crippen molar-refractivity contribution in [1.29, 1.82) is 0 Å². The maximum absolute atomic E-state index is 13.0. The summed E-state index contributed by atoms with van der Waals surface area (Å²) in [5.74, 6) is -0.176. The molecule has 0 saturated heterocycles. The first kappa shape index (κ1) is 12.8. The van der Waals surface area contributed by atoms with E-state index in [1.54, 1.807) is 6.07 Å². The van der Waals surface area contributed by atoms with Gasteiger partial charge in [-0.3, -0.25) is 4.79 Å². The lowest BCUT2D eigenvalue weighted by molar-refractivity contribution is -0.121. The molecule has 0 amide bonds. The molecule has 0 spiro atoms. The Bertz CT molecular complexity index is 376. The Kier molecular flexibility index (Phi) is 4.62. The van der Waals surface area contributed by atoms with Gasteiger partial charge >= 0.3 is 0 Å². The lowest BCUT2D eigenvalue weighted by Gasteiger charge is -2.11. The third-order valence-corrected chi connectivity index (χ3v) is 2.74. The summed E-state index contributed by atoms with van der Waals surface area (Å²) in [6.07, 6.45) is 0.312. The number of Topliss-reactive ketones (excluding diaryl/α,β-unsaturated/α-hetero) is 1. The number of hydrogen-bond donors (Lipinski definition) is 1. The van der Waals surface area contributed by atoms with Crippen molar-refractivity contribution in [1.82, 2.24) is 5.32 Å². The molecule has 0 radical (unpaired) electrons. The molecule has 0 aliphatic rings. The van der Waals surface area contributed by atoms with Gasteiger partial charge in [0.15, 0.2) is 0 Å². The number of carbonyl (C=O) groups is 1. The van der Waals surface area contributed by atoms with E-state index >= 15 is 0 Å². The number of aryl methyl sites for hydroxylation is 1. The first-order chi connectivity index (χ1) is 7.54. The zero-order valence-corrected chi connectivity index (χ0v) is 10.0. The molecule has 1 aromatic rings. The van der Waals surface area contributed by atoms with Crippen LogP contribution in [-0.4, -0.2) is 19.4 Å². The minimum absolute atomic E-state index is 0.0346. The third-order valence-electron chi connectivity index (χ3n) is 2.74. The van der Waals surface area contributed by atoms with Gasteiger partial charge in [0.1, 0.15) is 11.6 Å². The predicted octanol–water partition coefficient (Wildman–Crippen LogP) is 2.10. The van der Waals surface area contributed by atoms with Gasteiger partial charge in [-0.1, -0.05) is 13.0 Å². The Hall–Kier alpha value is -1.22. The average molecular weight is 223 g/mol. The van der Waals surface area contributed by atoms with Crippen LogP contribution in [-0.2, 0) is 11.2 Å². The van der Waals surface area contributed by atoms with Gasteiger partial charge in [-0.05, 0) is 37.2 Å². The highest BCUT2D eigenvalue weighted by molar-refractivity contribution is 5.83. The molecule has 0 bridgehead atoms. The van der Waals surface area contributed by atoms with E-state index in [-0.39, 0.29) is 17.5 Å². The van der Waals surface area contributed by atoms with Gasteiger partial charge in [-0.15, -0.1) is 0 Å². The Labute approximate surface area is 95.9 Å². The Morgan fingerprint density at radius 2 is 2.19 bits per heavy atom. The molecule has 0 aromatic heterocycles. The molecule has 1 atom stereocenters. The van der Waals surface area contributed by atoms with Crippen LogP contribution in [0.15, 0.2) is 18.2 Å². The molecule has 0 aliphatic heterocycles. The van der Waals surface area contributed by atoms with Crippen LogP contribution in [0.1, 0.15) is 18.1 Å². The number of nitrogens with one attached hydrogen (secondary N) is 1. The molecule has 1 rings (SSSR count). The largest absolute Gasteiger partial charge is 0.319 e. The highest BCUT2D eigenvalue weighted by Gasteiger charge is 2.13. The van der Waals surface area contributed by atoms with Crippen molar-refractivity contribution in [2.75, 3.05) is 13.6 Å². The lowest BCUT2D eigenvalue weighted by atomic mass is 9.96. The summed E-state index contributed by atoms with van der Waals surface area (Å²) in [5.41, 5.74) is 1.75. The monoisotopic (exact) mass is 223 g/mol. The predicted molar refractivity (Wildman–Crippen MR) is 62.9 cm³/mol. The number of rotatable bonds is 5. The minimum atomic E-state index is -0.283. The molecular formula is C13H18FNO. The molecule has 1 N–H and O–H groups in total. The van der Waals surface area contributed by atoms with Crippen molar-refractivity contribution in [2.24, 2.45) is 5.92 Å². The number of hydrogen-bond acceptors (Lipinski definition) is 2. The average Bonchev–Trinajstić information content (AvgIpc) is 2.23. The van der Waals surface area contributed by atoms with Crippen LogP contribution in [0.5, 0.6) is 0 Å². The normalized spacial score (nSPS) is 12.5. The topological polar surface area (TPSA) is 29.1 Å². The van der Waals surface area contributed by atoms with E-state index in [0.29, 0.717) is 13.0 Å². The van der Waals surface area contributed by atoms with E-state index in [0.717, 1.165) is 11.1 Å². The van der Waals surface area contributed by atoms with E-state index in [1.165, 1.54) is 12.1 Å². The molecule has 88 valence electrons. The Balaban J connectivity index is 2.72. The number of ketones is 1. The molecule has 0 fully saturated rings. The van der Waals surface area contributed by atoms with Crippen molar-refractivity contribution >= 4 is 5.78 Å². The van der Waals surface area contributed by atoms with E-state index in [4.69, 9.17) is 0 Å². The second-order valence-electron chi connectivity index (χ2n) is 4.17. The summed E-state index contributed by atoms with van der Waals surface area (Å²) in [6, 6.07) is 4.57. The summed E-state index contributed by atoms with van der Waals surface area (Å²) < 4.78 is 13.0. The first-order valence-corrected chi connectivity index (χ1v) is 5.47. The van der Waals surface area contributed by atoms with Gasteiger partial charge in [0.05, 0.1) is 0 Å². The van der Waals surface area contributed by atoms with E-state index in [2.05, 4.69) is 5.32 Å². The highest BCUT2D eigenvalue weighted by atomic mass is 19.1. The second kappa shape index (κ2) is 5.75. The van der Waals surface area contributed by atoms with Crippen LogP contribution in [0.25, 0.3) is 0 Å². The fraction of sp³-hybridized carbons (Fsp3) is 0.462. The van der Waals surface area contributed by atoms with Crippen LogP contribution in [0.2, 0.25) is 0 Å². The van der Waals surface area contributed by atoms with Gasteiger partial charge in [0.2, 0.25) is 0 Å². The Morgan fingerprint density at radius 1 is 1.50 bits per heavy atom. The molecular weight excluding hydrogens is 205 g/mol. The van der Waals surface area contributed by atoms with Crippen molar-refractivity contribution in [3.8, 4) is 0 Å². The van der Waals surface area contributed by atoms with Gasteiger partial charge in [0.25, 0.3) is 0 Å². The highest BCUT2D eigenvalue weighted by Crippen LogP contribution is 2.13. The smallest absolute Gasteiger partial charge is 0.141 e. The molecule has 2 nitrogen and oxygen atoms in total.